The molecule has 3 heteroatoms. The number of anilines is 1. The first kappa shape index (κ1) is 9.55. The Bertz CT molecular complexity index is 391. The molecule has 0 aliphatic rings. The van der Waals surface area contributed by atoms with E-state index in [1.807, 2.05) is 48.5 Å². The van der Waals surface area contributed by atoms with Gasteiger partial charge in [-0.3, -0.25) is 0 Å². The van der Waals surface area contributed by atoms with Crippen molar-refractivity contribution in [2.24, 2.45) is 0 Å². The zero-order valence-corrected chi connectivity index (χ0v) is 8.31. The molecule has 76 valence electrons. The van der Waals surface area contributed by atoms with Gasteiger partial charge in [0, 0.05) is 17.8 Å². The number of hydrogen-bond acceptors (Lipinski definition) is 2. The van der Waals surface area contributed by atoms with Crippen molar-refractivity contribution in [2.45, 2.75) is 0 Å². The molecule has 0 unspecified atom stereocenters. The molecule has 0 saturated heterocycles. The van der Waals surface area contributed by atoms with E-state index in [2.05, 4.69) is 5.73 Å². The van der Waals surface area contributed by atoms with Gasteiger partial charge >= 0.3 is 0 Å². The van der Waals surface area contributed by atoms with E-state index in [-0.39, 0.29) is 0 Å². The minimum atomic E-state index is 0.732. The van der Waals surface area contributed by atoms with E-state index in [4.69, 9.17) is 10.5 Å². The lowest BCUT2D eigenvalue weighted by Gasteiger charge is -2.05. The molecule has 2 rings (SSSR count). The Morgan fingerprint density at radius 3 is 1.80 bits per heavy atom. The number of ether oxygens (including phenoxy) is 1. The van der Waals surface area contributed by atoms with Crippen molar-refractivity contribution in [1.29, 1.82) is 0 Å². The number of hydrogen-bond donors (Lipinski definition) is 2. The summed E-state index contributed by atoms with van der Waals surface area (Å²) in [6.45, 7) is 0. The van der Waals surface area contributed by atoms with E-state index in [1.54, 1.807) is 0 Å². The number of quaternary nitrogens is 1. The van der Waals surface area contributed by atoms with E-state index in [0.29, 0.717) is 0 Å². The predicted octanol–water partition coefficient (Wildman–Crippen LogP) is 1.93. The highest BCUT2D eigenvalue weighted by Gasteiger charge is 1.97. The molecule has 15 heavy (non-hydrogen) atoms. The summed E-state index contributed by atoms with van der Waals surface area (Å²) < 4.78 is 5.60. The molecule has 0 bridgehead atoms. The highest BCUT2D eigenvalue weighted by atomic mass is 16.5. The van der Waals surface area contributed by atoms with Crippen LogP contribution in [0.2, 0.25) is 0 Å². The van der Waals surface area contributed by atoms with Gasteiger partial charge in [-0.05, 0) is 36.4 Å². The fraction of sp³-hybridized carbons (Fsp3) is 0. The van der Waals surface area contributed by atoms with E-state index in [0.717, 1.165) is 22.9 Å². The van der Waals surface area contributed by atoms with Crippen LogP contribution in [0.25, 0.3) is 0 Å². The van der Waals surface area contributed by atoms with Crippen molar-refractivity contribution in [3.63, 3.8) is 0 Å². The average Bonchev–Trinajstić information content (AvgIpc) is 2.25. The molecule has 0 amide bonds. The summed E-state index contributed by atoms with van der Waals surface area (Å²) in [5.74, 6) is 1.58. The second-order valence-electron chi connectivity index (χ2n) is 3.32. The molecule has 3 nitrogen and oxygen atoms in total. The Morgan fingerprint density at radius 2 is 1.27 bits per heavy atom. The normalized spacial score (nSPS) is 9.93. The quantitative estimate of drug-likeness (QED) is 0.729. The number of benzene rings is 2. The second kappa shape index (κ2) is 4.02. The zero-order chi connectivity index (χ0) is 10.7. The summed E-state index contributed by atoms with van der Waals surface area (Å²) in [7, 11) is 0. The summed E-state index contributed by atoms with van der Waals surface area (Å²) in [5.41, 5.74) is 11.1. The largest absolute Gasteiger partial charge is 0.457 e. The topological polar surface area (TPSA) is 62.9 Å². The van der Waals surface area contributed by atoms with Crippen LogP contribution >= 0.6 is 0 Å². The SMILES string of the molecule is Nc1ccc(Oc2ccc([NH3+])cc2)cc1. The Morgan fingerprint density at radius 1 is 0.800 bits per heavy atom. The first-order chi connectivity index (χ1) is 7.24. The average molecular weight is 201 g/mol. The first-order valence-corrected chi connectivity index (χ1v) is 4.69. The maximum absolute atomic E-state index is 5.60. The van der Waals surface area contributed by atoms with Crippen LogP contribution in [-0.2, 0) is 0 Å². The molecule has 0 atom stereocenters. The standard InChI is InChI=1S/C12H12N2O/c13-9-1-5-11(6-2-9)15-12-7-3-10(14)4-8-12/h1-8H,13-14H2/p+1. The van der Waals surface area contributed by atoms with Crippen LogP contribution in [0.1, 0.15) is 0 Å². The van der Waals surface area contributed by atoms with Gasteiger partial charge < -0.3 is 16.2 Å². The van der Waals surface area contributed by atoms with E-state index < -0.39 is 0 Å². The number of nitrogen functional groups attached to an aromatic ring is 1. The molecule has 0 heterocycles. The second-order valence-corrected chi connectivity index (χ2v) is 3.32. The summed E-state index contributed by atoms with van der Waals surface area (Å²) in [4.78, 5) is 0. The fourth-order valence-electron chi connectivity index (χ4n) is 1.23. The number of nitrogens with two attached hydrogens (primary N) is 1. The van der Waals surface area contributed by atoms with Gasteiger partial charge in [0.25, 0.3) is 0 Å². The maximum atomic E-state index is 5.60. The third kappa shape index (κ3) is 2.48. The van der Waals surface area contributed by atoms with E-state index in [1.165, 1.54) is 0 Å². The minimum Gasteiger partial charge on any atom is -0.457 e. The van der Waals surface area contributed by atoms with Crippen LogP contribution in [0, 0.1) is 0 Å². The van der Waals surface area contributed by atoms with Gasteiger partial charge in [-0.1, -0.05) is 0 Å². The van der Waals surface area contributed by atoms with Crippen LogP contribution < -0.4 is 16.2 Å². The molecule has 0 radical (unpaired) electrons. The Balaban J connectivity index is 2.15. The van der Waals surface area contributed by atoms with Gasteiger partial charge in [-0.15, -0.1) is 0 Å². The Labute approximate surface area is 88.3 Å². The summed E-state index contributed by atoms with van der Waals surface area (Å²) in [6, 6.07) is 14.9. The lowest BCUT2D eigenvalue weighted by Crippen LogP contribution is -2.39. The molecule has 0 aromatic heterocycles. The van der Waals surface area contributed by atoms with Crippen molar-refractivity contribution >= 4 is 11.4 Å². The third-order valence-corrected chi connectivity index (χ3v) is 2.04. The molecule has 0 aliphatic heterocycles. The predicted molar refractivity (Wildman–Crippen MR) is 59.9 cm³/mol. The molecule has 0 saturated carbocycles. The van der Waals surface area contributed by atoms with Crippen LogP contribution in [0.3, 0.4) is 0 Å². The lowest BCUT2D eigenvalue weighted by atomic mass is 10.3. The summed E-state index contributed by atoms with van der Waals surface area (Å²) in [6.07, 6.45) is 0. The summed E-state index contributed by atoms with van der Waals surface area (Å²) >= 11 is 0. The molecule has 0 spiro atoms. The van der Waals surface area contributed by atoms with Crippen molar-refractivity contribution < 1.29 is 10.5 Å². The zero-order valence-electron chi connectivity index (χ0n) is 8.31. The third-order valence-electron chi connectivity index (χ3n) is 2.04. The van der Waals surface area contributed by atoms with Crippen molar-refractivity contribution in [2.75, 3.05) is 5.73 Å². The van der Waals surface area contributed by atoms with Gasteiger partial charge in [-0.2, -0.15) is 0 Å². The van der Waals surface area contributed by atoms with Crippen molar-refractivity contribution in [1.82, 2.24) is 0 Å². The smallest absolute Gasteiger partial charge is 0.128 e. The van der Waals surface area contributed by atoms with E-state index in [9.17, 15) is 0 Å². The maximum Gasteiger partial charge on any atom is 0.128 e. The van der Waals surface area contributed by atoms with Crippen molar-refractivity contribution in [3.05, 3.63) is 48.5 Å². The first-order valence-electron chi connectivity index (χ1n) is 4.69. The monoisotopic (exact) mass is 201 g/mol. The molecule has 5 N–H and O–H groups in total. The van der Waals surface area contributed by atoms with Crippen LogP contribution in [0.15, 0.2) is 48.5 Å². The van der Waals surface area contributed by atoms with Gasteiger partial charge in [0.2, 0.25) is 0 Å². The highest BCUT2D eigenvalue weighted by Crippen LogP contribution is 2.22. The molecular weight excluding hydrogens is 188 g/mol. The van der Waals surface area contributed by atoms with Crippen LogP contribution in [0.4, 0.5) is 11.4 Å². The Hall–Kier alpha value is -2.00. The minimum absolute atomic E-state index is 0.732. The molecule has 0 fully saturated rings. The molecule has 2 aromatic carbocycles. The van der Waals surface area contributed by atoms with Crippen LogP contribution in [-0.4, -0.2) is 0 Å². The molecular formula is C12H13N2O+. The lowest BCUT2D eigenvalue weighted by molar-refractivity contribution is -0.254. The van der Waals surface area contributed by atoms with Crippen molar-refractivity contribution in [3.8, 4) is 11.5 Å². The fourth-order valence-corrected chi connectivity index (χ4v) is 1.23. The van der Waals surface area contributed by atoms with Crippen LogP contribution in [0.5, 0.6) is 11.5 Å². The van der Waals surface area contributed by atoms with Gasteiger partial charge in [0.05, 0.1) is 0 Å². The number of rotatable bonds is 2. The highest BCUT2D eigenvalue weighted by molar-refractivity contribution is 5.43. The van der Waals surface area contributed by atoms with E-state index >= 15 is 0 Å². The molecule has 0 aliphatic carbocycles. The Kier molecular flexibility index (Phi) is 2.56. The molecule has 2 aromatic rings. The van der Waals surface area contributed by atoms with Gasteiger partial charge in [0.1, 0.15) is 17.2 Å². The van der Waals surface area contributed by atoms with Gasteiger partial charge in [-0.25, -0.2) is 0 Å². The van der Waals surface area contributed by atoms with Gasteiger partial charge in [0.15, 0.2) is 0 Å². The summed E-state index contributed by atoms with van der Waals surface area (Å²) in [5, 5.41) is 0.